The second-order valence-electron chi connectivity index (χ2n) is 5.35. The fourth-order valence-corrected chi connectivity index (χ4v) is 2.91. The van der Waals surface area contributed by atoms with Crippen molar-refractivity contribution >= 4 is 22.5 Å². The lowest BCUT2D eigenvalue weighted by Gasteiger charge is -2.34. The topological polar surface area (TPSA) is 81.1 Å². The van der Waals surface area contributed by atoms with Gasteiger partial charge in [-0.3, -0.25) is 9.36 Å². The van der Waals surface area contributed by atoms with Crippen LogP contribution >= 0.6 is 11.6 Å². The molecule has 1 aromatic heterocycles. The van der Waals surface area contributed by atoms with Gasteiger partial charge in [-0.15, -0.1) is 0 Å². The van der Waals surface area contributed by atoms with Crippen LogP contribution in [0.25, 0.3) is 10.9 Å². The predicted octanol–water partition coefficient (Wildman–Crippen LogP) is 1.77. The molecule has 6 heteroatoms. The summed E-state index contributed by atoms with van der Waals surface area (Å²) in [7, 11) is 0. The maximum Gasteiger partial charge on any atom is 0.263 e. The van der Waals surface area contributed by atoms with Crippen LogP contribution < -0.4 is 11.3 Å². The Labute approximate surface area is 121 Å². The van der Waals surface area contributed by atoms with Gasteiger partial charge in [0.25, 0.3) is 5.56 Å². The van der Waals surface area contributed by atoms with Gasteiger partial charge in [0.1, 0.15) is 5.82 Å². The smallest absolute Gasteiger partial charge is 0.263 e. The number of halogens is 1. The Morgan fingerprint density at radius 1 is 1.50 bits per heavy atom. The zero-order valence-corrected chi connectivity index (χ0v) is 11.8. The molecule has 0 bridgehead atoms. The second kappa shape index (κ2) is 4.84. The maximum atomic E-state index is 12.7. The summed E-state index contributed by atoms with van der Waals surface area (Å²) in [5.74, 6) is 0.543. The highest BCUT2D eigenvalue weighted by atomic mass is 35.5. The van der Waals surface area contributed by atoms with Crippen molar-refractivity contribution in [3.63, 3.8) is 0 Å². The molecule has 0 spiro atoms. The first-order valence-electron chi connectivity index (χ1n) is 6.63. The Morgan fingerprint density at radius 2 is 2.20 bits per heavy atom. The van der Waals surface area contributed by atoms with Gasteiger partial charge in [-0.25, -0.2) is 4.98 Å². The van der Waals surface area contributed by atoms with Gasteiger partial charge in [0.15, 0.2) is 0 Å². The van der Waals surface area contributed by atoms with Crippen molar-refractivity contribution in [2.24, 2.45) is 5.73 Å². The lowest BCUT2D eigenvalue weighted by molar-refractivity contribution is 0.0453. The third kappa shape index (κ3) is 2.02. The Kier molecular flexibility index (Phi) is 3.28. The second-order valence-corrected chi connectivity index (χ2v) is 5.75. The van der Waals surface area contributed by atoms with Crippen molar-refractivity contribution in [1.29, 1.82) is 0 Å². The summed E-state index contributed by atoms with van der Waals surface area (Å²) >= 11 is 6.13. The molecule has 1 atom stereocenters. The quantitative estimate of drug-likeness (QED) is 0.884. The van der Waals surface area contributed by atoms with Gasteiger partial charge in [0, 0.05) is 6.04 Å². The van der Waals surface area contributed by atoms with Crippen LogP contribution in [-0.4, -0.2) is 20.8 Å². The van der Waals surface area contributed by atoms with E-state index in [9.17, 15) is 9.90 Å². The first-order valence-corrected chi connectivity index (χ1v) is 7.01. The van der Waals surface area contributed by atoms with E-state index in [0.29, 0.717) is 34.6 Å². The zero-order chi connectivity index (χ0) is 14.4. The van der Waals surface area contributed by atoms with E-state index in [-0.39, 0.29) is 23.7 Å². The number of aliphatic hydroxyl groups is 1. The van der Waals surface area contributed by atoms with E-state index in [4.69, 9.17) is 17.3 Å². The number of aliphatic hydroxyl groups excluding tert-OH is 1. The van der Waals surface area contributed by atoms with Crippen LogP contribution in [0.15, 0.2) is 23.0 Å². The van der Waals surface area contributed by atoms with Gasteiger partial charge in [-0.1, -0.05) is 17.7 Å². The van der Waals surface area contributed by atoms with Crippen molar-refractivity contribution < 1.29 is 5.11 Å². The lowest BCUT2D eigenvalue weighted by Crippen LogP contribution is -2.40. The van der Waals surface area contributed by atoms with E-state index < -0.39 is 0 Å². The van der Waals surface area contributed by atoms with Gasteiger partial charge >= 0.3 is 0 Å². The lowest BCUT2D eigenvalue weighted by atomic mass is 9.89. The molecular formula is C14H16ClN3O2. The molecule has 3 rings (SSSR count). The van der Waals surface area contributed by atoms with Crippen LogP contribution in [0.2, 0.25) is 5.02 Å². The van der Waals surface area contributed by atoms with Crippen LogP contribution in [0, 0.1) is 0 Å². The fraction of sp³-hybridized carbons (Fsp3) is 0.429. The molecule has 1 aromatic carbocycles. The highest BCUT2D eigenvalue weighted by Gasteiger charge is 2.32. The maximum absolute atomic E-state index is 12.7. The Hall–Kier alpha value is -1.43. The van der Waals surface area contributed by atoms with Gasteiger partial charge in [-0.2, -0.15) is 0 Å². The zero-order valence-electron chi connectivity index (χ0n) is 11.1. The molecule has 1 aliphatic carbocycles. The molecule has 1 unspecified atom stereocenters. The van der Waals surface area contributed by atoms with Crippen LogP contribution in [0.4, 0.5) is 0 Å². The molecule has 1 aliphatic rings. The summed E-state index contributed by atoms with van der Waals surface area (Å²) in [6.45, 7) is 1.80. The number of nitrogens with two attached hydrogens (primary N) is 1. The molecule has 3 N–H and O–H groups in total. The summed E-state index contributed by atoms with van der Waals surface area (Å²) in [6, 6.07) is 4.79. The van der Waals surface area contributed by atoms with E-state index in [2.05, 4.69) is 4.98 Å². The summed E-state index contributed by atoms with van der Waals surface area (Å²) < 4.78 is 1.60. The minimum Gasteiger partial charge on any atom is -0.393 e. The summed E-state index contributed by atoms with van der Waals surface area (Å²) in [6.07, 6.45) is 0.754. The average Bonchev–Trinajstić information content (AvgIpc) is 2.35. The van der Waals surface area contributed by atoms with Crippen molar-refractivity contribution in [3.8, 4) is 0 Å². The molecule has 1 heterocycles. The molecule has 0 amide bonds. The molecule has 0 aliphatic heterocycles. The van der Waals surface area contributed by atoms with Crippen molar-refractivity contribution in [2.45, 2.75) is 38.0 Å². The Bertz CT molecular complexity index is 720. The van der Waals surface area contributed by atoms with Crippen molar-refractivity contribution in [2.75, 3.05) is 0 Å². The van der Waals surface area contributed by atoms with Crippen LogP contribution in [0.3, 0.4) is 0 Å². The first-order chi connectivity index (χ1) is 9.49. The highest BCUT2D eigenvalue weighted by Crippen LogP contribution is 2.33. The van der Waals surface area contributed by atoms with E-state index in [1.54, 1.807) is 29.7 Å². The molecule has 2 aromatic rings. The largest absolute Gasteiger partial charge is 0.393 e. The van der Waals surface area contributed by atoms with E-state index in [1.807, 2.05) is 0 Å². The Balaban J connectivity index is 2.30. The third-order valence-electron chi connectivity index (χ3n) is 3.77. The minimum atomic E-state index is -0.358. The van der Waals surface area contributed by atoms with E-state index >= 15 is 0 Å². The molecule has 1 fully saturated rings. The predicted molar refractivity (Wildman–Crippen MR) is 77.9 cm³/mol. The molecule has 20 heavy (non-hydrogen) atoms. The average molecular weight is 294 g/mol. The number of rotatable bonds is 2. The van der Waals surface area contributed by atoms with Gasteiger partial charge in [-0.05, 0) is 31.9 Å². The van der Waals surface area contributed by atoms with Crippen molar-refractivity contribution in [1.82, 2.24) is 9.55 Å². The summed E-state index contributed by atoms with van der Waals surface area (Å²) in [5.41, 5.74) is 6.33. The third-order valence-corrected chi connectivity index (χ3v) is 4.08. The molecule has 1 saturated carbocycles. The number of benzene rings is 1. The number of aromatic nitrogens is 2. The van der Waals surface area contributed by atoms with Gasteiger partial charge < -0.3 is 10.8 Å². The summed E-state index contributed by atoms with van der Waals surface area (Å²) in [4.78, 5) is 17.2. The van der Waals surface area contributed by atoms with Crippen LogP contribution in [0.5, 0.6) is 0 Å². The van der Waals surface area contributed by atoms with Crippen molar-refractivity contribution in [3.05, 3.63) is 39.4 Å². The molecule has 5 nitrogen and oxygen atoms in total. The van der Waals surface area contributed by atoms with E-state index in [1.165, 1.54) is 0 Å². The highest BCUT2D eigenvalue weighted by molar-refractivity contribution is 6.35. The van der Waals surface area contributed by atoms with Gasteiger partial charge in [0.2, 0.25) is 0 Å². The number of hydrogen-bond donors (Lipinski definition) is 2. The Morgan fingerprint density at radius 3 is 2.80 bits per heavy atom. The normalized spacial score (nSPS) is 23.6. The number of nitrogens with zero attached hydrogens (tertiary/aromatic N) is 2. The SMILES string of the molecule is CC(N)c1nc2cccc(Cl)c2c(=O)n1C1CC(O)C1. The summed E-state index contributed by atoms with van der Waals surface area (Å²) in [5, 5.41) is 10.3. The van der Waals surface area contributed by atoms with Crippen LogP contribution in [-0.2, 0) is 0 Å². The minimum absolute atomic E-state index is 0.0494. The molecule has 0 radical (unpaired) electrons. The molecular weight excluding hydrogens is 278 g/mol. The standard InChI is InChI=1S/C14H16ClN3O2/c1-7(16)13-17-11-4-2-3-10(15)12(11)14(20)18(13)8-5-9(19)6-8/h2-4,7-9,19H,5-6,16H2,1H3. The number of fused-ring (bicyclic) bond motifs is 1. The van der Waals surface area contributed by atoms with Crippen LogP contribution in [0.1, 0.15) is 37.7 Å². The molecule has 106 valence electrons. The first kappa shape index (κ1) is 13.5. The van der Waals surface area contributed by atoms with Gasteiger partial charge in [0.05, 0.1) is 28.1 Å². The molecule has 0 saturated heterocycles. The fourth-order valence-electron chi connectivity index (χ4n) is 2.66. The number of hydrogen-bond acceptors (Lipinski definition) is 4. The van der Waals surface area contributed by atoms with E-state index in [0.717, 1.165) is 0 Å². The monoisotopic (exact) mass is 293 g/mol.